The van der Waals surface area contributed by atoms with E-state index in [1.807, 2.05) is 60.7 Å². The quantitative estimate of drug-likeness (QED) is 0.280. The molecule has 35 heavy (non-hydrogen) atoms. The Kier molecular flexibility index (Phi) is 7.78. The average molecular weight is 484 g/mol. The van der Waals surface area contributed by atoms with E-state index in [9.17, 15) is 4.79 Å². The number of rotatable bonds is 8. The Morgan fingerprint density at radius 2 is 1.60 bits per heavy atom. The van der Waals surface area contributed by atoms with Crippen LogP contribution in [-0.2, 0) is 6.61 Å². The van der Waals surface area contributed by atoms with Gasteiger partial charge in [-0.05, 0) is 86.0 Å². The van der Waals surface area contributed by atoms with Crippen LogP contribution in [0.2, 0.25) is 0 Å². The average Bonchev–Trinajstić information content (AvgIpc) is 2.87. The van der Waals surface area contributed by atoms with Crippen molar-refractivity contribution >= 4 is 23.4 Å². The Labute approximate surface area is 211 Å². The minimum absolute atomic E-state index is 0.183. The Morgan fingerprint density at radius 1 is 0.857 bits per heavy atom. The molecule has 1 N–H and O–H groups in total. The molecule has 178 valence electrons. The summed E-state index contributed by atoms with van der Waals surface area (Å²) >= 11 is 1.62. The Hall–Kier alpha value is -3.70. The van der Waals surface area contributed by atoms with Gasteiger partial charge in [0.05, 0.1) is 12.8 Å². The Balaban J connectivity index is 1.53. The minimum Gasteiger partial charge on any atom is -0.496 e. The Morgan fingerprint density at radius 3 is 2.37 bits per heavy atom. The second kappa shape index (κ2) is 11.2. The van der Waals surface area contributed by atoms with E-state index in [1.165, 1.54) is 5.56 Å². The number of ether oxygens (including phenoxy) is 2. The number of benzene rings is 4. The van der Waals surface area contributed by atoms with Gasteiger partial charge in [-0.2, -0.15) is 0 Å². The van der Waals surface area contributed by atoms with Gasteiger partial charge in [-0.15, -0.1) is 0 Å². The molecule has 4 nitrogen and oxygen atoms in total. The SMILES string of the molecule is COc1ccc(C(=O)Nc2ccccc2Sc2ccccc2)cc1COc1cc(C)cc(C)c1C. The lowest BCUT2D eigenvalue weighted by Crippen LogP contribution is -2.13. The van der Waals surface area contributed by atoms with Crippen LogP contribution < -0.4 is 14.8 Å². The van der Waals surface area contributed by atoms with Crippen molar-refractivity contribution < 1.29 is 14.3 Å². The van der Waals surface area contributed by atoms with Crippen LogP contribution >= 0.6 is 11.8 Å². The van der Waals surface area contributed by atoms with Crippen molar-refractivity contribution in [2.24, 2.45) is 0 Å². The molecular formula is C30H29NO3S. The zero-order valence-corrected chi connectivity index (χ0v) is 21.2. The minimum atomic E-state index is -0.183. The first-order chi connectivity index (χ1) is 16.9. The highest BCUT2D eigenvalue weighted by Gasteiger charge is 2.14. The van der Waals surface area contributed by atoms with E-state index < -0.39 is 0 Å². The lowest BCUT2D eigenvalue weighted by molar-refractivity contribution is 0.102. The summed E-state index contributed by atoms with van der Waals surface area (Å²) in [5, 5.41) is 3.07. The molecule has 0 aliphatic heterocycles. The molecule has 0 aliphatic rings. The van der Waals surface area contributed by atoms with Gasteiger partial charge in [0, 0.05) is 20.9 Å². The summed E-state index contributed by atoms with van der Waals surface area (Å²) < 4.78 is 11.7. The second-order valence-corrected chi connectivity index (χ2v) is 9.50. The summed E-state index contributed by atoms with van der Waals surface area (Å²) in [6.45, 7) is 6.48. The molecule has 0 bridgehead atoms. The van der Waals surface area contributed by atoms with Gasteiger partial charge in [-0.3, -0.25) is 4.79 Å². The first-order valence-corrected chi connectivity index (χ1v) is 12.3. The van der Waals surface area contributed by atoms with Gasteiger partial charge >= 0.3 is 0 Å². The van der Waals surface area contributed by atoms with Gasteiger partial charge in [-0.1, -0.05) is 48.2 Å². The highest BCUT2D eigenvalue weighted by Crippen LogP contribution is 2.33. The fraction of sp³-hybridized carbons (Fsp3) is 0.167. The Bertz CT molecular complexity index is 1340. The summed E-state index contributed by atoms with van der Waals surface area (Å²) in [6.07, 6.45) is 0. The summed E-state index contributed by atoms with van der Waals surface area (Å²) in [5.41, 5.74) is 5.57. The van der Waals surface area contributed by atoms with Crippen LogP contribution in [0.1, 0.15) is 32.6 Å². The van der Waals surface area contributed by atoms with Crippen LogP contribution in [0.25, 0.3) is 0 Å². The molecule has 1 amide bonds. The highest BCUT2D eigenvalue weighted by molar-refractivity contribution is 7.99. The number of hydrogen-bond acceptors (Lipinski definition) is 4. The lowest BCUT2D eigenvalue weighted by Gasteiger charge is -2.15. The van der Waals surface area contributed by atoms with Crippen molar-refractivity contribution in [1.29, 1.82) is 0 Å². The van der Waals surface area contributed by atoms with E-state index in [0.717, 1.165) is 37.9 Å². The maximum absolute atomic E-state index is 13.2. The highest BCUT2D eigenvalue weighted by atomic mass is 32.2. The molecule has 4 aromatic carbocycles. The van der Waals surface area contributed by atoms with Crippen LogP contribution in [0.4, 0.5) is 5.69 Å². The van der Waals surface area contributed by atoms with Gasteiger partial charge in [0.1, 0.15) is 18.1 Å². The van der Waals surface area contributed by atoms with E-state index in [-0.39, 0.29) is 5.91 Å². The van der Waals surface area contributed by atoms with Crippen molar-refractivity contribution in [2.75, 3.05) is 12.4 Å². The summed E-state index contributed by atoms with van der Waals surface area (Å²) in [4.78, 5) is 15.3. The lowest BCUT2D eigenvalue weighted by atomic mass is 10.1. The van der Waals surface area contributed by atoms with E-state index in [1.54, 1.807) is 24.9 Å². The van der Waals surface area contributed by atoms with Crippen molar-refractivity contribution in [1.82, 2.24) is 0 Å². The molecule has 0 aromatic heterocycles. The van der Waals surface area contributed by atoms with Gasteiger partial charge in [-0.25, -0.2) is 0 Å². The summed E-state index contributed by atoms with van der Waals surface area (Å²) in [7, 11) is 1.62. The van der Waals surface area contributed by atoms with Gasteiger partial charge in [0.25, 0.3) is 5.91 Å². The van der Waals surface area contributed by atoms with Gasteiger partial charge in [0.2, 0.25) is 0 Å². The third-order valence-corrected chi connectivity index (χ3v) is 6.88. The zero-order chi connectivity index (χ0) is 24.8. The van der Waals surface area contributed by atoms with Crippen LogP contribution in [0.15, 0.2) is 94.7 Å². The van der Waals surface area contributed by atoms with Crippen LogP contribution in [-0.4, -0.2) is 13.0 Å². The number of carbonyl (C=O) groups is 1. The largest absolute Gasteiger partial charge is 0.496 e. The predicted molar refractivity (Wildman–Crippen MR) is 143 cm³/mol. The molecule has 0 atom stereocenters. The molecule has 0 fully saturated rings. The van der Waals surface area contributed by atoms with Gasteiger partial charge < -0.3 is 14.8 Å². The first-order valence-electron chi connectivity index (χ1n) is 11.5. The van der Waals surface area contributed by atoms with Crippen molar-refractivity contribution in [3.05, 3.63) is 113 Å². The summed E-state index contributed by atoms with van der Waals surface area (Å²) in [5.74, 6) is 1.34. The standard InChI is InChI=1S/C30H29NO3S/c1-20-16-21(2)22(3)28(17-20)34-19-24-18-23(14-15-27(24)33-4)30(32)31-26-12-8-9-13-29(26)35-25-10-6-5-7-11-25/h5-18H,19H2,1-4H3,(H,31,32). The molecule has 5 heteroatoms. The fourth-order valence-electron chi connectivity index (χ4n) is 3.81. The number of nitrogens with one attached hydrogen (secondary N) is 1. The van der Waals surface area contributed by atoms with Crippen LogP contribution in [0, 0.1) is 20.8 Å². The molecular weight excluding hydrogens is 454 g/mol. The predicted octanol–water partition coefficient (Wildman–Crippen LogP) is 7.60. The van der Waals surface area contributed by atoms with Crippen LogP contribution in [0.5, 0.6) is 11.5 Å². The molecule has 0 saturated heterocycles. The first kappa shape index (κ1) is 24.4. The molecule has 0 spiro atoms. The molecule has 0 saturated carbocycles. The van der Waals surface area contributed by atoms with Crippen molar-refractivity contribution in [3.63, 3.8) is 0 Å². The number of aryl methyl sites for hydroxylation is 2. The molecule has 0 aliphatic carbocycles. The molecule has 0 heterocycles. The fourth-order valence-corrected chi connectivity index (χ4v) is 4.73. The molecule has 0 radical (unpaired) electrons. The molecule has 4 rings (SSSR count). The zero-order valence-electron chi connectivity index (χ0n) is 20.4. The third kappa shape index (κ3) is 6.06. The number of para-hydroxylation sites is 1. The number of anilines is 1. The molecule has 4 aromatic rings. The number of methoxy groups -OCH3 is 1. The topological polar surface area (TPSA) is 47.6 Å². The smallest absolute Gasteiger partial charge is 0.255 e. The summed E-state index contributed by atoms with van der Waals surface area (Å²) in [6, 6.07) is 27.5. The van der Waals surface area contributed by atoms with E-state index in [4.69, 9.17) is 9.47 Å². The maximum Gasteiger partial charge on any atom is 0.255 e. The van der Waals surface area contributed by atoms with Crippen LogP contribution in [0.3, 0.4) is 0 Å². The van der Waals surface area contributed by atoms with E-state index in [0.29, 0.717) is 17.9 Å². The van der Waals surface area contributed by atoms with Gasteiger partial charge in [0.15, 0.2) is 0 Å². The van der Waals surface area contributed by atoms with Crippen molar-refractivity contribution in [3.8, 4) is 11.5 Å². The van der Waals surface area contributed by atoms with E-state index in [2.05, 4.69) is 44.3 Å². The second-order valence-electron chi connectivity index (χ2n) is 8.39. The maximum atomic E-state index is 13.2. The van der Waals surface area contributed by atoms with Crippen molar-refractivity contribution in [2.45, 2.75) is 37.2 Å². The number of carbonyl (C=O) groups excluding carboxylic acids is 1. The monoisotopic (exact) mass is 483 g/mol. The normalized spacial score (nSPS) is 10.6. The third-order valence-electron chi connectivity index (χ3n) is 5.80. The number of amides is 1. The number of hydrogen-bond donors (Lipinski definition) is 1. The van der Waals surface area contributed by atoms with E-state index >= 15 is 0 Å². The molecule has 0 unspecified atom stereocenters.